The van der Waals surface area contributed by atoms with Crippen LogP contribution < -0.4 is 0 Å². The molecule has 1 aromatic carbocycles. The van der Waals surface area contributed by atoms with Gasteiger partial charge in [0.25, 0.3) is 0 Å². The normalized spacial score (nSPS) is 20.9. The quantitative estimate of drug-likeness (QED) is 0.771. The van der Waals surface area contributed by atoms with E-state index in [0.29, 0.717) is 26.2 Å². The zero-order valence-corrected chi connectivity index (χ0v) is 17.9. The van der Waals surface area contributed by atoms with Crippen molar-refractivity contribution in [3.8, 4) is 0 Å². The Balaban J connectivity index is 0.000000423. The maximum absolute atomic E-state index is 13.0. The van der Waals surface area contributed by atoms with Crippen LogP contribution in [0.3, 0.4) is 0 Å². The van der Waals surface area contributed by atoms with Crippen LogP contribution in [0.4, 0.5) is 13.2 Å². The fraction of sp³-hybridized carbons (Fsp3) is 0.571. The number of carbonyl (C=O) groups excluding carboxylic acids is 2. The lowest BCUT2D eigenvalue weighted by Crippen LogP contribution is -2.40. The molecule has 0 radical (unpaired) electrons. The van der Waals surface area contributed by atoms with E-state index in [0.717, 1.165) is 19.4 Å². The number of carboxylic acids is 1. The smallest absolute Gasteiger partial charge is 0.475 e. The molecule has 2 amide bonds. The number of carbonyl (C=O) groups is 3. The molecule has 3 rings (SSSR count). The number of alkyl halides is 3. The molecule has 1 aromatic rings. The Morgan fingerprint density at radius 3 is 2.35 bits per heavy atom. The molecule has 172 valence electrons. The van der Waals surface area contributed by atoms with Crippen molar-refractivity contribution in [3.63, 3.8) is 0 Å². The second-order valence-corrected chi connectivity index (χ2v) is 8.35. The summed E-state index contributed by atoms with van der Waals surface area (Å²) in [7, 11) is 3.79. The third-order valence-corrected chi connectivity index (χ3v) is 5.46. The summed E-state index contributed by atoms with van der Waals surface area (Å²) < 4.78 is 31.7. The molecule has 2 heterocycles. The highest BCUT2D eigenvalue weighted by Crippen LogP contribution is 2.41. The van der Waals surface area contributed by atoms with Gasteiger partial charge in [0.05, 0.1) is 12.0 Å². The van der Waals surface area contributed by atoms with Gasteiger partial charge in [-0.25, -0.2) is 4.79 Å². The third-order valence-electron chi connectivity index (χ3n) is 5.46. The fourth-order valence-corrected chi connectivity index (χ4v) is 3.91. The van der Waals surface area contributed by atoms with Crippen LogP contribution in [0, 0.1) is 12.3 Å². The van der Waals surface area contributed by atoms with E-state index in [2.05, 4.69) is 25.1 Å². The Morgan fingerprint density at radius 2 is 1.81 bits per heavy atom. The minimum atomic E-state index is -5.08. The highest BCUT2D eigenvalue weighted by molar-refractivity contribution is 5.87. The van der Waals surface area contributed by atoms with E-state index in [4.69, 9.17) is 9.90 Å². The molecule has 1 spiro atoms. The molecule has 7 nitrogen and oxygen atoms in total. The van der Waals surface area contributed by atoms with Gasteiger partial charge in [-0.15, -0.1) is 0 Å². The average molecular weight is 443 g/mol. The van der Waals surface area contributed by atoms with Gasteiger partial charge in [-0.2, -0.15) is 13.2 Å². The Bertz CT molecular complexity index is 828. The van der Waals surface area contributed by atoms with E-state index in [1.807, 2.05) is 34.9 Å². The topological polar surface area (TPSA) is 81.2 Å². The van der Waals surface area contributed by atoms with Crippen molar-refractivity contribution in [2.75, 3.05) is 40.3 Å². The molecule has 2 aliphatic rings. The fourth-order valence-electron chi connectivity index (χ4n) is 3.91. The standard InChI is InChI=1S/C19H27N3O2.C2HF3O2/c1-15-5-4-6-16(11-15)12-21-9-7-19(18(21)24)8-10-22(14-19)17(23)13-20(2)3;3-2(4,5)1(6)7/h4-6,11H,7-10,12-14H2,1-3H3;(H,6,7). The molecule has 0 aliphatic carbocycles. The number of aryl methyl sites for hydroxylation is 1. The molecule has 2 aliphatic heterocycles. The number of likely N-dealkylation sites (tertiary alicyclic amines) is 2. The van der Waals surface area contributed by atoms with E-state index in [9.17, 15) is 22.8 Å². The Hall–Kier alpha value is -2.62. The van der Waals surface area contributed by atoms with Crippen LogP contribution in [0.1, 0.15) is 24.0 Å². The molecule has 0 saturated carbocycles. The molecule has 31 heavy (non-hydrogen) atoms. The lowest BCUT2D eigenvalue weighted by molar-refractivity contribution is -0.192. The Morgan fingerprint density at radius 1 is 1.19 bits per heavy atom. The van der Waals surface area contributed by atoms with Gasteiger partial charge in [0.15, 0.2) is 0 Å². The molecule has 0 aromatic heterocycles. The number of rotatable bonds is 4. The molecule has 10 heteroatoms. The van der Waals surface area contributed by atoms with Crippen LogP contribution in [0.2, 0.25) is 0 Å². The first-order valence-electron chi connectivity index (χ1n) is 9.91. The number of hydrogen-bond donors (Lipinski definition) is 1. The monoisotopic (exact) mass is 443 g/mol. The predicted molar refractivity (Wildman–Crippen MR) is 107 cm³/mol. The second-order valence-electron chi connectivity index (χ2n) is 8.35. The number of nitrogens with zero attached hydrogens (tertiary/aromatic N) is 3. The van der Waals surface area contributed by atoms with Gasteiger partial charge in [0.1, 0.15) is 0 Å². The summed E-state index contributed by atoms with van der Waals surface area (Å²) in [6.07, 6.45) is -3.42. The number of likely N-dealkylation sites (N-methyl/N-ethyl adjacent to an activating group) is 1. The van der Waals surface area contributed by atoms with Crippen LogP contribution in [0.25, 0.3) is 0 Å². The maximum atomic E-state index is 13.0. The van der Waals surface area contributed by atoms with Gasteiger partial charge in [-0.1, -0.05) is 29.8 Å². The molecule has 1 N–H and O–H groups in total. The molecular formula is C21H28F3N3O4. The van der Waals surface area contributed by atoms with Crippen LogP contribution in [-0.4, -0.2) is 84.0 Å². The van der Waals surface area contributed by atoms with Crippen molar-refractivity contribution in [3.05, 3.63) is 35.4 Å². The summed E-state index contributed by atoms with van der Waals surface area (Å²) in [5.41, 5.74) is 2.06. The zero-order chi connectivity index (χ0) is 23.4. The largest absolute Gasteiger partial charge is 0.490 e. The predicted octanol–water partition coefficient (Wildman–Crippen LogP) is 2.14. The van der Waals surface area contributed by atoms with Crippen LogP contribution >= 0.6 is 0 Å². The molecule has 1 atom stereocenters. The first-order valence-corrected chi connectivity index (χ1v) is 9.91. The van der Waals surface area contributed by atoms with Crippen molar-refractivity contribution < 1.29 is 32.7 Å². The van der Waals surface area contributed by atoms with Crippen molar-refractivity contribution in [1.29, 1.82) is 0 Å². The van der Waals surface area contributed by atoms with E-state index in [-0.39, 0.29) is 17.2 Å². The molecule has 2 fully saturated rings. The highest BCUT2D eigenvalue weighted by atomic mass is 19.4. The zero-order valence-electron chi connectivity index (χ0n) is 17.9. The van der Waals surface area contributed by atoms with Crippen LogP contribution in [0.15, 0.2) is 24.3 Å². The van der Waals surface area contributed by atoms with Crippen molar-refractivity contribution in [2.24, 2.45) is 5.41 Å². The second kappa shape index (κ2) is 9.67. The summed E-state index contributed by atoms with van der Waals surface area (Å²) in [5, 5.41) is 7.12. The van der Waals surface area contributed by atoms with Crippen LogP contribution in [-0.2, 0) is 20.9 Å². The third kappa shape index (κ3) is 6.43. The highest BCUT2D eigenvalue weighted by Gasteiger charge is 2.51. The van der Waals surface area contributed by atoms with Crippen molar-refractivity contribution in [1.82, 2.24) is 14.7 Å². The molecule has 1 unspecified atom stereocenters. The van der Waals surface area contributed by atoms with Crippen LogP contribution in [0.5, 0.6) is 0 Å². The first kappa shape index (κ1) is 24.6. The van der Waals surface area contributed by atoms with Gasteiger partial charge in [-0.05, 0) is 39.4 Å². The lowest BCUT2D eigenvalue weighted by Gasteiger charge is -2.24. The number of amides is 2. The number of carboxylic acid groups (broad SMARTS) is 1. The van der Waals surface area contributed by atoms with Crippen molar-refractivity contribution in [2.45, 2.75) is 32.5 Å². The van der Waals surface area contributed by atoms with Gasteiger partial charge in [-0.3, -0.25) is 9.59 Å². The molecule has 0 bridgehead atoms. The van der Waals surface area contributed by atoms with Gasteiger partial charge in [0, 0.05) is 26.2 Å². The first-order chi connectivity index (χ1) is 14.3. The minimum Gasteiger partial charge on any atom is -0.475 e. The lowest BCUT2D eigenvalue weighted by atomic mass is 9.85. The van der Waals surface area contributed by atoms with Gasteiger partial charge in [0.2, 0.25) is 11.8 Å². The SMILES string of the molecule is Cc1cccc(CN2CCC3(CCN(C(=O)CN(C)C)C3)C2=O)c1.O=C(O)C(F)(F)F. The number of benzene rings is 1. The number of halogens is 3. The van der Waals surface area contributed by atoms with Gasteiger partial charge >= 0.3 is 12.1 Å². The van der Waals surface area contributed by atoms with E-state index >= 15 is 0 Å². The van der Waals surface area contributed by atoms with E-state index in [1.54, 1.807) is 0 Å². The van der Waals surface area contributed by atoms with E-state index in [1.165, 1.54) is 11.1 Å². The summed E-state index contributed by atoms with van der Waals surface area (Å²) in [6, 6.07) is 8.33. The molecule has 2 saturated heterocycles. The summed E-state index contributed by atoms with van der Waals surface area (Å²) in [5.74, 6) is -2.40. The summed E-state index contributed by atoms with van der Waals surface area (Å²) >= 11 is 0. The summed E-state index contributed by atoms with van der Waals surface area (Å²) in [4.78, 5) is 39.9. The minimum absolute atomic E-state index is 0.127. The van der Waals surface area contributed by atoms with Gasteiger partial charge < -0.3 is 19.8 Å². The number of aliphatic carboxylic acids is 1. The summed E-state index contributed by atoms with van der Waals surface area (Å²) in [6.45, 7) is 5.25. The number of hydrogen-bond acceptors (Lipinski definition) is 4. The Labute approximate surface area is 179 Å². The molecular weight excluding hydrogens is 415 g/mol. The maximum Gasteiger partial charge on any atom is 0.490 e. The van der Waals surface area contributed by atoms with Crippen molar-refractivity contribution >= 4 is 17.8 Å². The Kier molecular flexibility index (Phi) is 7.69. The van der Waals surface area contributed by atoms with E-state index < -0.39 is 12.1 Å². The average Bonchev–Trinajstić information content (AvgIpc) is 3.21.